The van der Waals surface area contributed by atoms with Crippen LogP contribution in [0.4, 0.5) is 4.79 Å². The first-order valence-electron chi connectivity index (χ1n) is 5.57. The lowest BCUT2D eigenvalue weighted by Gasteiger charge is -2.12. The van der Waals surface area contributed by atoms with Crippen LogP contribution < -0.4 is 16.0 Å². The molecule has 0 radical (unpaired) electrons. The van der Waals surface area contributed by atoms with Crippen molar-refractivity contribution in [3.05, 3.63) is 23.8 Å². The van der Waals surface area contributed by atoms with Crippen LogP contribution in [-0.2, 0) is 11.3 Å². The minimum atomic E-state index is -0.522. The quantitative estimate of drug-likeness (QED) is 0.684. The van der Waals surface area contributed by atoms with E-state index in [4.69, 9.17) is 0 Å². The predicted octanol–water partition coefficient (Wildman–Crippen LogP) is -0.281. The van der Waals surface area contributed by atoms with E-state index < -0.39 is 12.1 Å². The molecule has 3 N–H and O–H groups in total. The summed E-state index contributed by atoms with van der Waals surface area (Å²) in [4.78, 5) is 30.7. The van der Waals surface area contributed by atoms with Gasteiger partial charge in [-0.2, -0.15) is 0 Å². The average Bonchev–Trinajstić information content (AvgIpc) is 2.35. The van der Waals surface area contributed by atoms with Crippen molar-refractivity contribution in [1.29, 1.82) is 0 Å². The topological polar surface area (TPSA) is 96.0 Å². The van der Waals surface area contributed by atoms with Gasteiger partial charge in [0.05, 0.1) is 11.7 Å². The summed E-state index contributed by atoms with van der Waals surface area (Å²) in [5, 5.41) is 7.48. The number of nitrogens with zero attached hydrogens (tertiary/aromatic N) is 2. The number of hydrogen-bond acceptors (Lipinski definition) is 5. The fourth-order valence-electron chi connectivity index (χ4n) is 1.24. The molecule has 1 unspecified atom stereocenters. The summed E-state index contributed by atoms with van der Waals surface area (Å²) in [6.07, 6.45) is 1.66. The minimum absolute atomic E-state index is 0.389. The molecule has 1 aromatic rings. The monoisotopic (exact) mass is 251 g/mol. The first-order chi connectivity index (χ1) is 8.52. The Bertz CT molecular complexity index is 435. The van der Waals surface area contributed by atoms with Crippen molar-refractivity contribution in [3.8, 4) is 0 Å². The number of nitrogens with one attached hydrogen (secondary N) is 3. The van der Waals surface area contributed by atoms with Gasteiger partial charge in [-0.25, -0.2) is 14.8 Å². The molecule has 18 heavy (non-hydrogen) atoms. The summed E-state index contributed by atoms with van der Waals surface area (Å²) < 4.78 is 0. The van der Waals surface area contributed by atoms with E-state index in [9.17, 15) is 9.59 Å². The van der Waals surface area contributed by atoms with Gasteiger partial charge in [0.15, 0.2) is 0 Å². The molecule has 1 aromatic heterocycles. The van der Waals surface area contributed by atoms with Crippen molar-refractivity contribution in [2.24, 2.45) is 0 Å². The molecule has 98 valence electrons. The average molecular weight is 251 g/mol. The van der Waals surface area contributed by atoms with E-state index in [1.165, 1.54) is 7.05 Å². The molecule has 7 heteroatoms. The van der Waals surface area contributed by atoms with Gasteiger partial charge in [0.25, 0.3) is 0 Å². The molecular weight excluding hydrogens is 234 g/mol. The second-order valence-electron chi connectivity index (χ2n) is 3.77. The molecule has 0 spiro atoms. The molecule has 0 aromatic carbocycles. The molecule has 3 amide bonds. The lowest BCUT2D eigenvalue weighted by atomic mass is 10.3. The summed E-state index contributed by atoms with van der Waals surface area (Å²) >= 11 is 0. The molecule has 0 saturated carbocycles. The van der Waals surface area contributed by atoms with Crippen molar-refractivity contribution in [1.82, 2.24) is 25.9 Å². The summed E-state index contributed by atoms with van der Waals surface area (Å²) in [5.41, 5.74) is 0.794. The highest BCUT2D eigenvalue weighted by Gasteiger charge is 2.14. The maximum absolute atomic E-state index is 11.5. The maximum Gasteiger partial charge on any atom is 0.321 e. The van der Waals surface area contributed by atoms with Gasteiger partial charge in [-0.15, -0.1) is 0 Å². The molecular formula is C11H17N5O2. The Morgan fingerprint density at radius 1 is 1.44 bits per heavy atom. The number of amides is 3. The first-order valence-corrected chi connectivity index (χ1v) is 5.57. The van der Waals surface area contributed by atoms with Crippen molar-refractivity contribution < 1.29 is 9.59 Å². The molecule has 0 fully saturated rings. The Hall–Kier alpha value is -2.02. The molecule has 0 aliphatic heterocycles. The Morgan fingerprint density at radius 2 is 2.17 bits per heavy atom. The van der Waals surface area contributed by atoms with Gasteiger partial charge in [0.1, 0.15) is 5.82 Å². The highest BCUT2D eigenvalue weighted by atomic mass is 16.2. The number of imide groups is 1. The second-order valence-corrected chi connectivity index (χ2v) is 3.77. The highest BCUT2D eigenvalue weighted by Crippen LogP contribution is 1.95. The van der Waals surface area contributed by atoms with E-state index in [2.05, 4.69) is 25.9 Å². The van der Waals surface area contributed by atoms with Crippen LogP contribution in [0, 0.1) is 6.92 Å². The second kappa shape index (κ2) is 6.65. The molecule has 1 atom stereocenters. The van der Waals surface area contributed by atoms with Crippen LogP contribution in [0.25, 0.3) is 0 Å². The summed E-state index contributed by atoms with van der Waals surface area (Å²) in [6.45, 7) is 3.91. The fraction of sp³-hybridized carbons (Fsp3) is 0.455. The Labute approximate surface area is 105 Å². The highest BCUT2D eigenvalue weighted by molar-refractivity contribution is 5.96. The molecule has 7 nitrogen and oxygen atoms in total. The van der Waals surface area contributed by atoms with Gasteiger partial charge < -0.3 is 10.6 Å². The third-order valence-electron chi connectivity index (χ3n) is 2.28. The van der Waals surface area contributed by atoms with Crippen LogP contribution in [0.1, 0.15) is 18.4 Å². The number of aromatic nitrogens is 2. The zero-order valence-electron chi connectivity index (χ0n) is 10.7. The van der Waals surface area contributed by atoms with Gasteiger partial charge >= 0.3 is 6.03 Å². The summed E-state index contributed by atoms with van der Waals surface area (Å²) in [6, 6.07) is 0.757. The number of carbonyl (C=O) groups is 2. The maximum atomic E-state index is 11.5. The van der Waals surface area contributed by atoms with Gasteiger partial charge in [-0.1, -0.05) is 0 Å². The fourth-order valence-corrected chi connectivity index (χ4v) is 1.24. The van der Waals surface area contributed by atoms with E-state index in [-0.39, 0.29) is 5.91 Å². The number of carbonyl (C=O) groups excluding carboxylic acids is 2. The minimum Gasteiger partial charge on any atom is -0.341 e. The van der Waals surface area contributed by atoms with Gasteiger partial charge in [-0.05, 0) is 19.9 Å². The Balaban J connectivity index is 2.43. The van der Waals surface area contributed by atoms with Gasteiger partial charge in [0, 0.05) is 19.8 Å². The van der Waals surface area contributed by atoms with E-state index in [1.807, 2.05) is 0 Å². The largest absolute Gasteiger partial charge is 0.341 e. The Kier molecular flexibility index (Phi) is 5.19. The van der Waals surface area contributed by atoms with Gasteiger partial charge in [0.2, 0.25) is 5.91 Å². The third kappa shape index (κ3) is 4.46. The van der Waals surface area contributed by atoms with Crippen LogP contribution in [0.3, 0.4) is 0 Å². The predicted molar refractivity (Wildman–Crippen MR) is 65.7 cm³/mol. The number of hydrogen-bond donors (Lipinski definition) is 3. The van der Waals surface area contributed by atoms with Crippen LogP contribution in [-0.4, -0.2) is 35.0 Å². The van der Waals surface area contributed by atoms with Crippen molar-refractivity contribution in [2.75, 3.05) is 7.05 Å². The number of rotatable bonds is 4. The molecule has 0 bridgehead atoms. The van der Waals surface area contributed by atoms with Crippen molar-refractivity contribution in [2.45, 2.75) is 26.4 Å². The normalized spacial score (nSPS) is 11.7. The van der Waals surface area contributed by atoms with E-state index >= 15 is 0 Å². The standard InChI is InChI=1S/C11H17N5O2/c1-7(10(17)16-11(18)12-3)14-6-9-4-5-13-8(2)15-9/h4-5,7,14H,6H2,1-3H3,(H2,12,16,17,18). The zero-order chi connectivity index (χ0) is 13.5. The summed E-state index contributed by atoms with van der Waals surface area (Å²) in [7, 11) is 1.45. The summed E-state index contributed by atoms with van der Waals surface area (Å²) in [5.74, 6) is 0.289. The Morgan fingerprint density at radius 3 is 2.78 bits per heavy atom. The number of aryl methyl sites for hydroxylation is 1. The van der Waals surface area contributed by atoms with E-state index in [1.54, 1.807) is 26.1 Å². The molecule has 0 aliphatic rings. The molecule has 0 aliphatic carbocycles. The van der Waals surface area contributed by atoms with Crippen molar-refractivity contribution in [3.63, 3.8) is 0 Å². The lowest BCUT2D eigenvalue weighted by molar-refractivity contribution is -0.121. The SMILES string of the molecule is CNC(=O)NC(=O)C(C)NCc1ccnc(C)n1. The van der Waals surface area contributed by atoms with Crippen LogP contribution in [0.2, 0.25) is 0 Å². The lowest BCUT2D eigenvalue weighted by Crippen LogP contribution is -2.47. The molecule has 0 saturated heterocycles. The van der Waals surface area contributed by atoms with Crippen molar-refractivity contribution >= 4 is 11.9 Å². The van der Waals surface area contributed by atoms with Crippen LogP contribution in [0.5, 0.6) is 0 Å². The van der Waals surface area contributed by atoms with Crippen LogP contribution in [0.15, 0.2) is 12.3 Å². The van der Waals surface area contributed by atoms with E-state index in [0.29, 0.717) is 12.4 Å². The number of urea groups is 1. The van der Waals surface area contributed by atoms with E-state index in [0.717, 1.165) is 5.69 Å². The van der Waals surface area contributed by atoms with Crippen LogP contribution >= 0.6 is 0 Å². The third-order valence-corrected chi connectivity index (χ3v) is 2.28. The zero-order valence-corrected chi connectivity index (χ0v) is 10.7. The smallest absolute Gasteiger partial charge is 0.321 e. The van der Waals surface area contributed by atoms with Gasteiger partial charge in [-0.3, -0.25) is 10.1 Å². The molecule has 1 heterocycles. The molecule has 1 rings (SSSR count). The first kappa shape index (κ1) is 14.0.